The first-order chi connectivity index (χ1) is 5.96. The number of hydrogen-bond donors (Lipinski definition) is 3. The minimum atomic E-state index is -1.27. The topological polar surface area (TPSA) is 69.9 Å². The summed E-state index contributed by atoms with van der Waals surface area (Å²) in [5.74, 6) is -1.33. The van der Waals surface area contributed by atoms with Gasteiger partial charge in [-0.25, -0.2) is 0 Å². The first kappa shape index (κ1) is 9.40. The molecule has 1 saturated heterocycles. The van der Waals surface area contributed by atoms with Crippen LogP contribution in [0.25, 0.3) is 0 Å². The highest BCUT2D eigenvalue weighted by Crippen LogP contribution is 2.51. The summed E-state index contributed by atoms with van der Waals surface area (Å²) >= 11 is 0. The molecule has 2 unspecified atom stereocenters. The predicted molar refractivity (Wildman–Crippen MR) is 44.8 cm³/mol. The Morgan fingerprint density at radius 1 is 1.38 bits per heavy atom. The van der Waals surface area contributed by atoms with Crippen molar-refractivity contribution in [2.24, 2.45) is 11.8 Å². The molecule has 2 aliphatic rings. The Labute approximate surface area is 77.1 Å². The molecule has 4 heteroatoms. The molecule has 76 valence electrons. The van der Waals surface area contributed by atoms with Crippen LogP contribution in [0.5, 0.6) is 0 Å². The van der Waals surface area contributed by atoms with Gasteiger partial charge in [0.1, 0.15) is 0 Å². The lowest BCUT2D eigenvalue weighted by atomic mass is 9.81. The van der Waals surface area contributed by atoms with Crippen molar-refractivity contribution in [1.82, 2.24) is 0 Å². The SMILES string of the molecule is CC(C)[C@@H]1OC2(O)C[C@H](O)[C@H](O)C12. The molecular weight excluding hydrogens is 172 g/mol. The number of aliphatic hydroxyl groups is 3. The fourth-order valence-electron chi connectivity index (χ4n) is 2.43. The van der Waals surface area contributed by atoms with Crippen LogP contribution in [0.3, 0.4) is 0 Å². The molecule has 2 fully saturated rings. The summed E-state index contributed by atoms with van der Waals surface area (Å²) in [6, 6.07) is 0. The lowest BCUT2D eigenvalue weighted by molar-refractivity contribution is -0.371. The average molecular weight is 188 g/mol. The van der Waals surface area contributed by atoms with Gasteiger partial charge in [0.2, 0.25) is 0 Å². The van der Waals surface area contributed by atoms with Crippen LogP contribution < -0.4 is 0 Å². The second-order valence-electron chi connectivity index (χ2n) is 4.46. The highest BCUT2D eigenvalue weighted by Gasteiger charge is 2.65. The zero-order valence-corrected chi connectivity index (χ0v) is 7.84. The Morgan fingerprint density at radius 2 is 2.00 bits per heavy atom. The van der Waals surface area contributed by atoms with E-state index in [9.17, 15) is 15.3 Å². The minimum Gasteiger partial charge on any atom is -0.390 e. The third-order valence-electron chi connectivity index (χ3n) is 3.14. The largest absolute Gasteiger partial charge is 0.390 e. The molecule has 3 N–H and O–H groups in total. The number of ether oxygens (including phenoxy) is 1. The van der Waals surface area contributed by atoms with Gasteiger partial charge in [-0.2, -0.15) is 0 Å². The number of aliphatic hydroxyl groups excluding tert-OH is 2. The Morgan fingerprint density at radius 3 is 2.46 bits per heavy atom. The summed E-state index contributed by atoms with van der Waals surface area (Å²) < 4.78 is 5.29. The molecule has 1 saturated carbocycles. The molecule has 13 heavy (non-hydrogen) atoms. The van der Waals surface area contributed by atoms with Gasteiger partial charge in [-0.05, 0) is 5.92 Å². The first-order valence-electron chi connectivity index (χ1n) is 4.72. The molecule has 0 radical (unpaired) electrons. The summed E-state index contributed by atoms with van der Waals surface area (Å²) in [5.41, 5.74) is 0. The molecule has 0 aromatic carbocycles. The van der Waals surface area contributed by atoms with Gasteiger partial charge in [-0.15, -0.1) is 0 Å². The van der Waals surface area contributed by atoms with Crippen molar-refractivity contribution in [2.75, 3.05) is 0 Å². The van der Waals surface area contributed by atoms with Gasteiger partial charge in [-0.1, -0.05) is 13.8 Å². The monoisotopic (exact) mass is 188 g/mol. The highest BCUT2D eigenvalue weighted by atomic mass is 16.7. The zero-order chi connectivity index (χ0) is 9.80. The van der Waals surface area contributed by atoms with Crippen LogP contribution in [0.1, 0.15) is 20.3 Å². The first-order valence-corrected chi connectivity index (χ1v) is 4.72. The standard InChI is InChI=1S/C9H16O4/c1-4(2)8-6-7(11)5(10)3-9(6,12)13-8/h4-8,10-12H,3H2,1-2H3/t5-,6?,7-,8-,9?/m0/s1. The van der Waals surface area contributed by atoms with Crippen molar-refractivity contribution in [3.63, 3.8) is 0 Å². The third kappa shape index (κ3) is 1.13. The fraction of sp³-hybridized carbons (Fsp3) is 1.00. The Balaban J connectivity index is 2.14. The summed E-state index contributed by atoms with van der Waals surface area (Å²) in [5, 5.41) is 28.7. The van der Waals surface area contributed by atoms with E-state index in [4.69, 9.17) is 4.74 Å². The molecule has 1 heterocycles. The Hall–Kier alpha value is -0.160. The predicted octanol–water partition coefficient (Wildman–Crippen LogP) is -0.528. The summed E-state index contributed by atoms with van der Waals surface area (Å²) in [4.78, 5) is 0. The zero-order valence-electron chi connectivity index (χ0n) is 7.84. The van der Waals surface area contributed by atoms with E-state index in [1.54, 1.807) is 0 Å². The molecule has 1 aliphatic carbocycles. The minimum absolute atomic E-state index is 0.127. The molecule has 0 bridgehead atoms. The van der Waals surface area contributed by atoms with E-state index >= 15 is 0 Å². The van der Waals surface area contributed by atoms with E-state index in [1.807, 2.05) is 13.8 Å². The van der Waals surface area contributed by atoms with Crippen LogP contribution in [0.4, 0.5) is 0 Å². The van der Waals surface area contributed by atoms with Crippen molar-refractivity contribution < 1.29 is 20.1 Å². The molecule has 4 nitrogen and oxygen atoms in total. The smallest absolute Gasteiger partial charge is 0.176 e. The van der Waals surface area contributed by atoms with Crippen LogP contribution in [0, 0.1) is 11.8 Å². The van der Waals surface area contributed by atoms with Crippen molar-refractivity contribution >= 4 is 0 Å². The van der Waals surface area contributed by atoms with Gasteiger partial charge in [0, 0.05) is 6.42 Å². The van der Waals surface area contributed by atoms with E-state index in [2.05, 4.69) is 0 Å². The third-order valence-corrected chi connectivity index (χ3v) is 3.14. The maximum absolute atomic E-state index is 9.77. The van der Waals surface area contributed by atoms with Crippen molar-refractivity contribution in [2.45, 2.75) is 44.4 Å². The Bertz CT molecular complexity index is 218. The van der Waals surface area contributed by atoms with Gasteiger partial charge in [0.05, 0.1) is 24.2 Å². The van der Waals surface area contributed by atoms with Crippen LogP contribution in [-0.4, -0.2) is 39.4 Å². The highest BCUT2D eigenvalue weighted by molar-refractivity contribution is 5.07. The van der Waals surface area contributed by atoms with E-state index in [0.29, 0.717) is 0 Å². The van der Waals surface area contributed by atoms with Crippen molar-refractivity contribution in [3.05, 3.63) is 0 Å². The lowest BCUT2D eigenvalue weighted by Crippen LogP contribution is -2.61. The summed E-state index contributed by atoms with van der Waals surface area (Å²) in [6.45, 7) is 3.95. The summed E-state index contributed by atoms with van der Waals surface area (Å²) in [6.07, 6.45) is -1.69. The van der Waals surface area contributed by atoms with E-state index in [1.165, 1.54) is 0 Å². The molecule has 2 rings (SSSR count). The van der Waals surface area contributed by atoms with Crippen LogP contribution in [0.15, 0.2) is 0 Å². The number of fused-ring (bicyclic) bond motifs is 1. The number of rotatable bonds is 1. The van der Waals surface area contributed by atoms with Crippen LogP contribution >= 0.6 is 0 Å². The van der Waals surface area contributed by atoms with E-state index in [0.717, 1.165) is 0 Å². The average Bonchev–Trinajstić information content (AvgIpc) is 2.12. The summed E-state index contributed by atoms with van der Waals surface area (Å²) in [7, 11) is 0. The Kier molecular flexibility index (Phi) is 1.93. The molecule has 5 atom stereocenters. The molecule has 1 aliphatic heterocycles. The normalized spacial score (nSPS) is 54.9. The maximum atomic E-state index is 9.77. The van der Waals surface area contributed by atoms with Crippen molar-refractivity contribution in [3.8, 4) is 0 Å². The molecule has 0 aromatic heterocycles. The molecular formula is C9H16O4. The van der Waals surface area contributed by atoms with E-state index in [-0.39, 0.29) is 24.4 Å². The van der Waals surface area contributed by atoms with Gasteiger partial charge < -0.3 is 20.1 Å². The molecule has 0 aromatic rings. The van der Waals surface area contributed by atoms with Gasteiger partial charge in [-0.3, -0.25) is 0 Å². The van der Waals surface area contributed by atoms with Gasteiger partial charge >= 0.3 is 0 Å². The second kappa shape index (κ2) is 2.67. The molecule has 0 amide bonds. The molecule has 0 spiro atoms. The van der Waals surface area contributed by atoms with E-state index < -0.39 is 18.0 Å². The van der Waals surface area contributed by atoms with Gasteiger partial charge in [0.15, 0.2) is 5.79 Å². The second-order valence-corrected chi connectivity index (χ2v) is 4.46. The van der Waals surface area contributed by atoms with Crippen LogP contribution in [-0.2, 0) is 4.74 Å². The fourth-order valence-corrected chi connectivity index (χ4v) is 2.43. The lowest BCUT2D eigenvalue weighted by Gasteiger charge is -2.50. The number of hydrogen-bond acceptors (Lipinski definition) is 4. The quantitative estimate of drug-likeness (QED) is 0.517. The van der Waals surface area contributed by atoms with Crippen LogP contribution in [0.2, 0.25) is 0 Å². The van der Waals surface area contributed by atoms with Crippen molar-refractivity contribution in [1.29, 1.82) is 0 Å². The maximum Gasteiger partial charge on any atom is 0.176 e. The van der Waals surface area contributed by atoms with Gasteiger partial charge in [0.25, 0.3) is 0 Å².